The number of rotatable bonds is 10. The zero-order chi connectivity index (χ0) is 22.2. The van der Waals surface area contributed by atoms with Gasteiger partial charge in [-0.25, -0.2) is 0 Å². The number of nitrogens with one attached hydrogen (secondary N) is 1. The van der Waals surface area contributed by atoms with Gasteiger partial charge in [-0.2, -0.15) is 0 Å². The molecule has 0 radical (unpaired) electrons. The van der Waals surface area contributed by atoms with Crippen LogP contribution >= 0.6 is 11.8 Å². The monoisotopic (exact) mass is 438 g/mol. The van der Waals surface area contributed by atoms with Gasteiger partial charge in [0, 0.05) is 17.8 Å². The molecule has 0 saturated carbocycles. The molecular formula is C24H30N4O2S. The van der Waals surface area contributed by atoms with Gasteiger partial charge in [0.15, 0.2) is 11.0 Å². The van der Waals surface area contributed by atoms with E-state index in [1.807, 2.05) is 60.9 Å². The number of hydrogen-bond donors (Lipinski definition) is 1. The SMILES string of the molecule is CCCCOc1ccc(-c2nnc(SCC(=O)Nc3cccc(C)c3C)n2CC)cc1. The lowest BCUT2D eigenvalue weighted by molar-refractivity contribution is -0.113. The third kappa shape index (κ3) is 5.88. The molecule has 1 heterocycles. The van der Waals surface area contributed by atoms with E-state index >= 15 is 0 Å². The highest BCUT2D eigenvalue weighted by atomic mass is 32.2. The number of aromatic nitrogens is 3. The first kappa shape index (κ1) is 22.9. The van der Waals surface area contributed by atoms with Crippen LogP contribution in [0.4, 0.5) is 5.69 Å². The number of carbonyl (C=O) groups is 1. The second kappa shape index (κ2) is 11.0. The normalized spacial score (nSPS) is 10.8. The number of nitrogens with zero attached hydrogens (tertiary/aromatic N) is 3. The molecule has 1 N–H and O–H groups in total. The predicted molar refractivity (Wildman–Crippen MR) is 127 cm³/mol. The summed E-state index contributed by atoms with van der Waals surface area (Å²) in [6.07, 6.45) is 2.16. The lowest BCUT2D eigenvalue weighted by Crippen LogP contribution is -2.15. The molecule has 0 unspecified atom stereocenters. The summed E-state index contributed by atoms with van der Waals surface area (Å²) in [5.74, 6) is 1.87. The number of amides is 1. The van der Waals surface area contributed by atoms with Crippen LogP contribution in [0.15, 0.2) is 47.6 Å². The molecule has 0 aliphatic carbocycles. The fraction of sp³-hybridized carbons (Fsp3) is 0.375. The van der Waals surface area contributed by atoms with Crippen molar-refractivity contribution in [1.29, 1.82) is 0 Å². The number of benzene rings is 2. The molecule has 2 aromatic carbocycles. The molecule has 0 fully saturated rings. The summed E-state index contributed by atoms with van der Waals surface area (Å²) in [4.78, 5) is 12.5. The summed E-state index contributed by atoms with van der Waals surface area (Å²) in [6, 6.07) is 13.8. The first-order valence-corrected chi connectivity index (χ1v) is 11.7. The second-order valence-corrected chi connectivity index (χ2v) is 8.30. The maximum atomic E-state index is 12.5. The topological polar surface area (TPSA) is 69.0 Å². The molecule has 31 heavy (non-hydrogen) atoms. The summed E-state index contributed by atoms with van der Waals surface area (Å²) < 4.78 is 7.77. The molecule has 6 nitrogen and oxygen atoms in total. The van der Waals surface area contributed by atoms with E-state index in [9.17, 15) is 4.79 Å². The molecule has 3 rings (SSSR count). The molecule has 0 atom stereocenters. The van der Waals surface area contributed by atoms with Crippen molar-refractivity contribution >= 4 is 23.4 Å². The van der Waals surface area contributed by atoms with Crippen LogP contribution in [0.25, 0.3) is 11.4 Å². The van der Waals surface area contributed by atoms with Crippen molar-refractivity contribution in [2.75, 3.05) is 17.7 Å². The van der Waals surface area contributed by atoms with Crippen LogP contribution in [-0.4, -0.2) is 33.0 Å². The smallest absolute Gasteiger partial charge is 0.234 e. The van der Waals surface area contributed by atoms with E-state index < -0.39 is 0 Å². The maximum absolute atomic E-state index is 12.5. The quantitative estimate of drug-likeness (QED) is 0.335. The van der Waals surface area contributed by atoms with Gasteiger partial charge >= 0.3 is 0 Å². The van der Waals surface area contributed by atoms with E-state index in [0.29, 0.717) is 0 Å². The van der Waals surface area contributed by atoms with Crippen LogP contribution in [0.1, 0.15) is 37.8 Å². The minimum absolute atomic E-state index is 0.0560. The Morgan fingerprint density at radius 1 is 1.10 bits per heavy atom. The highest BCUT2D eigenvalue weighted by Gasteiger charge is 2.15. The third-order valence-corrected chi connectivity index (χ3v) is 6.09. The summed E-state index contributed by atoms with van der Waals surface area (Å²) in [5, 5.41) is 12.4. The molecule has 1 amide bonds. The van der Waals surface area contributed by atoms with E-state index in [0.717, 1.165) is 65.1 Å². The highest BCUT2D eigenvalue weighted by molar-refractivity contribution is 7.99. The van der Waals surface area contributed by atoms with Gasteiger partial charge in [0.1, 0.15) is 5.75 Å². The average molecular weight is 439 g/mol. The van der Waals surface area contributed by atoms with Gasteiger partial charge in [0.25, 0.3) is 0 Å². The van der Waals surface area contributed by atoms with Crippen LogP contribution in [0.3, 0.4) is 0 Å². The van der Waals surface area contributed by atoms with Crippen molar-refractivity contribution < 1.29 is 9.53 Å². The molecule has 0 bridgehead atoms. The molecule has 0 aliphatic rings. The number of aryl methyl sites for hydroxylation is 1. The third-order valence-electron chi connectivity index (χ3n) is 5.12. The maximum Gasteiger partial charge on any atom is 0.234 e. The van der Waals surface area contributed by atoms with Crippen LogP contribution in [0, 0.1) is 13.8 Å². The van der Waals surface area contributed by atoms with Crippen molar-refractivity contribution in [1.82, 2.24) is 14.8 Å². The van der Waals surface area contributed by atoms with E-state index in [1.54, 1.807) is 0 Å². The highest BCUT2D eigenvalue weighted by Crippen LogP contribution is 2.26. The zero-order valence-corrected chi connectivity index (χ0v) is 19.5. The number of anilines is 1. The predicted octanol–water partition coefficient (Wildman–Crippen LogP) is 5.49. The lowest BCUT2D eigenvalue weighted by atomic mass is 10.1. The Bertz CT molecular complexity index is 1010. The molecule has 3 aromatic rings. The summed E-state index contributed by atoms with van der Waals surface area (Å²) in [5.41, 5.74) is 4.07. The number of carbonyl (C=O) groups excluding carboxylic acids is 1. The van der Waals surface area contributed by atoms with Gasteiger partial charge in [-0.05, 0) is 68.7 Å². The first-order valence-electron chi connectivity index (χ1n) is 10.7. The zero-order valence-electron chi connectivity index (χ0n) is 18.6. The van der Waals surface area contributed by atoms with Crippen LogP contribution in [-0.2, 0) is 11.3 Å². The van der Waals surface area contributed by atoms with Gasteiger partial charge in [-0.3, -0.25) is 4.79 Å². The average Bonchev–Trinajstić information content (AvgIpc) is 3.19. The minimum atomic E-state index is -0.0560. The van der Waals surface area contributed by atoms with Crippen molar-refractivity contribution in [3.63, 3.8) is 0 Å². The van der Waals surface area contributed by atoms with Crippen LogP contribution in [0.2, 0.25) is 0 Å². The number of unbranched alkanes of at least 4 members (excludes halogenated alkanes) is 1. The van der Waals surface area contributed by atoms with Gasteiger partial charge in [0.2, 0.25) is 5.91 Å². The molecular weight excluding hydrogens is 408 g/mol. The van der Waals surface area contributed by atoms with Crippen molar-refractivity contribution in [3.05, 3.63) is 53.6 Å². The summed E-state index contributed by atoms with van der Waals surface area (Å²) in [6.45, 7) is 9.69. The van der Waals surface area contributed by atoms with Crippen molar-refractivity contribution in [3.8, 4) is 17.1 Å². The molecule has 0 aliphatic heterocycles. The van der Waals surface area contributed by atoms with Crippen LogP contribution < -0.4 is 10.1 Å². The van der Waals surface area contributed by atoms with E-state index in [2.05, 4.69) is 29.4 Å². The first-order chi connectivity index (χ1) is 15.0. The number of hydrogen-bond acceptors (Lipinski definition) is 5. The minimum Gasteiger partial charge on any atom is -0.494 e. The Hall–Kier alpha value is -2.80. The molecule has 164 valence electrons. The Morgan fingerprint density at radius 2 is 1.87 bits per heavy atom. The largest absolute Gasteiger partial charge is 0.494 e. The van der Waals surface area contributed by atoms with E-state index in [1.165, 1.54) is 11.8 Å². The Labute approximate surface area is 188 Å². The fourth-order valence-corrected chi connectivity index (χ4v) is 3.93. The molecule has 1 aromatic heterocycles. The lowest BCUT2D eigenvalue weighted by Gasteiger charge is -2.11. The van der Waals surface area contributed by atoms with Gasteiger partial charge in [-0.15, -0.1) is 10.2 Å². The Kier molecular flexibility index (Phi) is 8.12. The Morgan fingerprint density at radius 3 is 2.58 bits per heavy atom. The summed E-state index contributed by atoms with van der Waals surface area (Å²) >= 11 is 1.39. The van der Waals surface area contributed by atoms with Crippen LogP contribution in [0.5, 0.6) is 5.75 Å². The summed E-state index contributed by atoms with van der Waals surface area (Å²) in [7, 11) is 0. The van der Waals surface area contributed by atoms with E-state index in [-0.39, 0.29) is 11.7 Å². The van der Waals surface area contributed by atoms with Crippen molar-refractivity contribution in [2.24, 2.45) is 0 Å². The number of thioether (sulfide) groups is 1. The molecule has 0 spiro atoms. The molecule has 0 saturated heterocycles. The van der Waals surface area contributed by atoms with E-state index in [4.69, 9.17) is 4.74 Å². The fourth-order valence-electron chi connectivity index (χ4n) is 3.13. The van der Waals surface area contributed by atoms with Crippen molar-refractivity contribution in [2.45, 2.75) is 52.2 Å². The number of ether oxygens (including phenoxy) is 1. The standard InChI is InChI=1S/C24H30N4O2S/c1-5-7-15-30-20-13-11-19(12-14-20)23-26-27-24(28(23)6-2)31-16-22(29)25-21-10-8-9-17(3)18(21)4/h8-14H,5-7,15-16H2,1-4H3,(H,25,29). The van der Waals surface area contributed by atoms with Gasteiger partial charge in [0.05, 0.1) is 12.4 Å². The van der Waals surface area contributed by atoms with Gasteiger partial charge in [-0.1, -0.05) is 37.2 Å². The molecule has 7 heteroatoms. The Balaban J connectivity index is 1.64. The van der Waals surface area contributed by atoms with Gasteiger partial charge < -0.3 is 14.6 Å². The second-order valence-electron chi connectivity index (χ2n) is 7.36.